The number of nitrogens with zero attached hydrogens (tertiary/aromatic N) is 2. The van der Waals surface area contributed by atoms with E-state index in [1.807, 2.05) is 14.1 Å². The topological polar surface area (TPSA) is 73.8 Å². The highest BCUT2D eigenvalue weighted by Gasteiger charge is 2.28. The predicted molar refractivity (Wildman–Crippen MR) is 111 cm³/mol. The van der Waals surface area contributed by atoms with E-state index in [4.69, 9.17) is 0 Å². The van der Waals surface area contributed by atoms with Crippen molar-refractivity contribution < 1.29 is 8.42 Å². The van der Waals surface area contributed by atoms with E-state index < -0.39 is 9.84 Å². The summed E-state index contributed by atoms with van der Waals surface area (Å²) in [6, 6.07) is 6.29. The monoisotopic (exact) mass is 466 g/mol. The van der Waals surface area contributed by atoms with Crippen molar-refractivity contribution in [1.82, 2.24) is 10.6 Å². The van der Waals surface area contributed by atoms with Crippen molar-refractivity contribution >= 4 is 45.5 Å². The maximum Gasteiger partial charge on any atom is 0.191 e. The number of hydrogen-bond acceptors (Lipinski definition) is 4. The van der Waals surface area contributed by atoms with Gasteiger partial charge in [0.25, 0.3) is 0 Å². The summed E-state index contributed by atoms with van der Waals surface area (Å²) >= 11 is 0. The van der Waals surface area contributed by atoms with Gasteiger partial charge in [0.2, 0.25) is 0 Å². The lowest BCUT2D eigenvalue weighted by molar-refractivity contribution is 0.599. The molecular formula is C16H27IN4O2S. The van der Waals surface area contributed by atoms with Gasteiger partial charge in [0.15, 0.2) is 15.8 Å². The molecule has 0 radical (unpaired) electrons. The molecule has 1 aromatic rings. The third-order valence-electron chi connectivity index (χ3n) is 4.09. The van der Waals surface area contributed by atoms with E-state index in [0.29, 0.717) is 18.9 Å². The van der Waals surface area contributed by atoms with Crippen LogP contribution in [0.2, 0.25) is 0 Å². The Kier molecular flexibility index (Phi) is 7.78. The second-order valence-electron chi connectivity index (χ2n) is 6.18. The average Bonchev–Trinajstić information content (AvgIpc) is 2.83. The van der Waals surface area contributed by atoms with Gasteiger partial charge in [0.1, 0.15) is 0 Å². The van der Waals surface area contributed by atoms with E-state index in [-0.39, 0.29) is 41.5 Å². The van der Waals surface area contributed by atoms with Crippen LogP contribution in [0, 0.1) is 6.92 Å². The first-order valence-electron chi connectivity index (χ1n) is 7.75. The normalized spacial score (nSPS) is 19.5. The summed E-state index contributed by atoms with van der Waals surface area (Å²) in [5, 5.41) is 6.45. The van der Waals surface area contributed by atoms with Crippen LogP contribution in [-0.4, -0.2) is 53.1 Å². The van der Waals surface area contributed by atoms with Crippen LogP contribution in [0.4, 0.5) is 5.69 Å². The fourth-order valence-electron chi connectivity index (χ4n) is 2.63. The Morgan fingerprint density at radius 3 is 2.58 bits per heavy atom. The number of aliphatic imine (C=N–C) groups is 1. The number of aryl methyl sites for hydroxylation is 1. The zero-order chi connectivity index (χ0) is 17.0. The van der Waals surface area contributed by atoms with Crippen LogP contribution in [0.5, 0.6) is 0 Å². The molecule has 1 heterocycles. The Hall–Kier alpha value is -1.03. The maximum atomic E-state index is 11.5. The van der Waals surface area contributed by atoms with Crippen molar-refractivity contribution in [1.29, 1.82) is 0 Å². The molecule has 0 aromatic heterocycles. The molecule has 6 nitrogen and oxygen atoms in total. The molecule has 24 heavy (non-hydrogen) atoms. The van der Waals surface area contributed by atoms with Crippen LogP contribution >= 0.6 is 24.0 Å². The second kappa shape index (κ2) is 8.89. The van der Waals surface area contributed by atoms with Crippen LogP contribution in [0.15, 0.2) is 23.2 Å². The number of hydrogen-bond donors (Lipinski definition) is 2. The van der Waals surface area contributed by atoms with Gasteiger partial charge < -0.3 is 15.5 Å². The molecule has 1 unspecified atom stereocenters. The number of sulfone groups is 1. The van der Waals surface area contributed by atoms with Crippen molar-refractivity contribution in [2.45, 2.75) is 25.9 Å². The number of nitrogens with one attached hydrogen (secondary N) is 2. The molecule has 8 heteroatoms. The smallest absolute Gasteiger partial charge is 0.191 e. The van der Waals surface area contributed by atoms with Crippen LogP contribution in [0.1, 0.15) is 17.5 Å². The molecule has 1 aliphatic rings. The summed E-state index contributed by atoms with van der Waals surface area (Å²) in [6.45, 7) is 2.74. The minimum atomic E-state index is -2.89. The molecule has 0 amide bonds. The van der Waals surface area contributed by atoms with Gasteiger partial charge in [-0.3, -0.25) is 4.99 Å². The van der Waals surface area contributed by atoms with Gasteiger partial charge in [-0.25, -0.2) is 8.42 Å². The first kappa shape index (κ1) is 21.0. The molecule has 2 rings (SSSR count). The Labute approximate surface area is 162 Å². The van der Waals surface area contributed by atoms with E-state index in [1.54, 1.807) is 7.05 Å². The van der Waals surface area contributed by atoms with Crippen molar-refractivity contribution in [3.05, 3.63) is 29.3 Å². The Morgan fingerprint density at radius 2 is 2.08 bits per heavy atom. The lowest BCUT2D eigenvalue weighted by atomic mass is 10.1. The summed E-state index contributed by atoms with van der Waals surface area (Å²) < 4.78 is 23.0. The standard InChI is InChI=1S/C16H26N4O2S.HI/c1-12-9-15(20(3)4)6-5-13(12)10-18-16(17-2)19-14-7-8-23(21,22)11-14;/h5-6,9,14H,7-8,10-11H2,1-4H3,(H2,17,18,19);1H. The lowest BCUT2D eigenvalue weighted by Crippen LogP contribution is -2.43. The van der Waals surface area contributed by atoms with Gasteiger partial charge in [0, 0.05) is 39.4 Å². The van der Waals surface area contributed by atoms with Crippen LogP contribution < -0.4 is 15.5 Å². The fourth-order valence-corrected chi connectivity index (χ4v) is 4.31. The molecule has 0 aliphatic carbocycles. The third-order valence-corrected chi connectivity index (χ3v) is 5.85. The highest BCUT2D eigenvalue weighted by atomic mass is 127. The molecular weight excluding hydrogens is 439 g/mol. The zero-order valence-corrected chi connectivity index (χ0v) is 17.8. The summed E-state index contributed by atoms with van der Waals surface area (Å²) in [5.74, 6) is 1.08. The summed E-state index contributed by atoms with van der Waals surface area (Å²) in [7, 11) is 2.85. The number of benzene rings is 1. The van der Waals surface area contributed by atoms with E-state index in [9.17, 15) is 8.42 Å². The third kappa shape index (κ3) is 5.80. The quantitative estimate of drug-likeness (QED) is 0.400. The number of anilines is 1. The maximum absolute atomic E-state index is 11.5. The largest absolute Gasteiger partial charge is 0.378 e. The van der Waals surface area contributed by atoms with Gasteiger partial charge in [0.05, 0.1) is 11.5 Å². The van der Waals surface area contributed by atoms with E-state index >= 15 is 0 Å². The van der Waals surface area contributed by atoms with E-state index in [1.165, 1.54) is 16.8 Å². The fraction of sp³-hybridized carbons (Fsp3) is 0.562. The van der Waals surface area contributed by atoms with Gasteiger partial charge in [-0.1, -0.05) is 6.07 Å². The Balaban J connectivity index is 0.00000288. The molecule has 0 bridgehead atoms. The summed E-state index contributed by atoms with van der Waals surface area (Å²) in [4.78, 5) is 6.26. The molecule has 1 atom stereocenters. The zero-order valence-electron chi connectivity index (χ0n) is 14.7. The minimum Gasteiger partial charge on any atom is -0.378 e. The highest BCUT2D eigenvalue weighted by molar-refractivity contribution is 14.0. The SMILES string of the molecule is CN=C(NCc1ccc(N(C)C)cc1C)NC1CCS(=O)(=O)C1.I. The van der Waals surface area contributed by atoms with E-state index in [0.717, 1.165) is 0 Å². The molecule has 0 saturated carbocycles. The van der Waals surface area contributed by atoms with Crippen molar-refractivity contribution in [3.8, 4) is 0 Å². The van der Waals surface area contributed by atoms with E-state index in [2.05, 4.69) is 45.6 Å². The van der Waals surface area contributed by atoms with Gasteiger partial charge >= 0.3 is 0 Å². The van der Waals surface area contributed by atoms with Gasteiger partial charge in [-0.2, -0.15) is 0 Å². The van der Waals surface area contributed by atoms with Crippen LogP contribution in [0.25, 0.3) is 0 Å². The molecule has 1 fully saturated rings. The van der Waals surface area contributed by atoms with Crippen molar-refractivity contribution in [2.75, 3.05) is 37.5 Å². The van der Waals surface area contributed by atoms with Gasteiger partial charge in [-0.15, -0.1) is 24.0 Å². The molecule has 0 spiro atoms. The lowest BCUT2D eigenvalue weighted by Gasteiger charge is -2.18. The molecule has 2 N–H and O–H groups in total. The summed E-state index contributed by atoms with van der Waals surface area (Å²) in [6.07, 6.45) is 0.638. The number of guanidine groups is 1. The van der Waals surface area contributed by atoms with Crippen LogP contribution in [-0.2, 0) is 16.4 Å². The predicted octanol–water partition coefficient (Wildman–Crippen LogP) is 1.53. The van der Waals surface area contributed by atoms with Crippen molar-refractivity contribution in [3.63, 3.8) is 0 Å². The molecule has 1 aromatic carbocycles. The number of rotatable bonds is 4. The van der Waals surface area contributed by atoms with Crippen LogP contribution in [0.3, 0.4) is 0 Å². The molecule has 1 aliphatic heterocycles. The first-order valence-corrected chi connectivity index (χ1v) is 9.57. The summed E-state index contributed by atoms with van der Waals surface area (Å²) in [5.41, 5.74) is 3.57. The average molecular weight is 466 g/mol. The Bertz CT molecular complexity index is 689. The van der Waals surface area contributed by atoms with Gasteiger partial charge in [-0.05, 0) is 36.6 Å². The second-order valence-corrected chi connectivity index (χ2v) is 8.40. The molecule has 1 saturated heterocycles. The van der Waals surface area contributed by atoms with Crippen molar-refractivity contribution in [2.24, 2.45) is 4.99 Å². The highest BCUT2D eigenvalue weighted by Crippen LogP contribution is 2.17. The molecule has 136 valence electrons. The minimum absolute atomic E-state index is 0. The number of halogens is 1. The Morgan fingerprint density at radius 1 is 1.38 bits per heavy atom. The first-order chi connectivity index (χ1) is 10.8.